The zero-order valence-electron chi connectivity index (χ0n) is 9.74. The van der Waals surface area contributed by atoms with Crippen molar-refractivity contribution in [3.05, 3.63) is 23.0 Å². The van der Waals surface area contributed by atoms with Crippen molar-refractivity contribution < 1.29 is 18.0 Å². The Bertz CT molecular complexity index is 456. The summed E-state index contributed by atoms with van der Waals surface area (Å²) in [5.41, 5.74) is 0.683. The van der Waals surface area contributed by atoms with E-state index in [1.165, 1.54) is 30.2 Å². The molecule has 8 heteroatoms. The van der Waals surface area contributed by atoms with E-state index in [9.17, 15) is 13.2 Å². The van der Waals surface area contributed by atoms with Crippen LogP contribution < -0.4 is 0 Å². The SMILES string of the molecule is CO/N=C(\C)c1cnc(SCCC(F)=C(F)F)s1. The van der Waals surface area contributed by atoms with Crippen LogP contribution in [0.5, 0.6) is 0 Å². The molecule has 0 fully saturated rings. The second-order valence-corrected chi connectivity index (χ2v) is 5.49. The molecule has 1 rings (SSSR count). The van der Waals surface area contributed by atoms with Gasteiger partial charge in [-0.2, -0.15) is 8.78 Å². The molecule has 0 aliphatic carbocycles. The van der Waals surface area contributed by atoms with Gasteiger partial charge in [0.1, 0.15) is 11.4 Å². The van der Waals surface area contributed by atoms with Crippen molar-refractivity contribution in [2.45, 2.75) is 17.7 Å². The van der Waals surface area contributed by atoms with Gasteiger partial charge in [-0.05, 0) is 6.92 Å². The number of thiazole rings is 1. The summed E-state index contributed by atoms with van der Waals surface area (Å²) in [6.45, 7) is 1.77. The van der Waals surface area contributed by atoms with E-state index in [1.807, 2.05) is 0 Å². The van der Waals surface area contributed by atoms with Gasteiger partial charge in [0.15, 0.2) is 5.83 Å². The molecule has 0 atom stereocenters. The maximum atomic E-state index is 12.5. The highest BCUT2D eigenvalue weighted by Gasteiger charge is 2.08. The molecule has 3 nitrogen and oxygen atoms in total. The lowest BCUT2D eigenvalue weighted by atomic mass is 10.4. The number of aromatic nitrogens is 1. The molecular formula is C10H11F3N2OS2. The van der Waals surface area contributed by atoms with Crippen LogP contribution in [0.1, 0.15) is 18.2 Å². The van der Waals surface area contributed by atoms with Crippen molar-refractivity contribution in [1.29, 1.82) is 0 Å². The van der Waals surface area contributed by atoms with Crippen molar-refractivity contribution in [3.63, 3.8) is 0 Å². The first-order valence-corrected chi connectivity index (χ1v) is 6.71. The second-order valence-electron chi connectivity index (χ2n) is 3.11. The molecule has 0 N–H and O–H groups in total. The molecule has 1 aromatic rings. The third-order valence-electron chi connectivity index (χ3n) is 1.82. The Kier molecular flexibility index (Phi) is 6.20. The Balaban J connectivity index is 2.50. The lowest BCUT2D eigenvalue weighted by Crippen LogP contribution is -1.90. The van der Waals surface area contributed by atoms with Gasteiger partial charge in [0.2, 0.25) is 0 Å². The summed E-state index contributed by atoms with van der Waals surface area (Å²) >= 11 is 2.58. The summed E-state index contributed by atoms with van der Waals surface area (Å²) in [5, 5.41) is 3.75. The average molecular weight is 296 g/mol. The van der Waals surface area contributed by atoms with Crippen molar-refractivity contribution in [2.24, 2.45) is 5.16 Å². The Morgan fingerprint density at radius 1 is 1.50 bits per heavy atom. The number of thioether (sulfide) groups is 1. The maximum absolute atomic E-state index is 12.5. The summed E-state index contributed by atoms with van der Waals surface area (Å²) < 4.78 is 36.8. The Hall–Kier alpha value is -1.02. The molecule has 0 saturated heterocycles. The summed E-state index contributed by atoms with van der Waals surface area (Å²) in [6.07, 6.45) is -0.932. The van der Waals surface area contributed by atoms with Gasteiger partial charge in [0.25, 0.3) is 0 Å². The molecule has 0 aliphatic rings. The zero-order chi connectivity index (χ0) is 13.5. The minimum absolute atomic E-state index is 0.219. The lowest BCUT2D eigenvalue weighted by molar-refractivity contribution is 0.213. The van der Waals surface area contributed by atoms with E-state index in [0.29, 0.717) is 10.1 Å². The fraction of sp³-hybridized carbons (Fsp3) is 0.400. The molecule has 0 unspecified atom stereocenters. The molecule has 100 valence electrons. The van der Waals surface area contributed by atoms with E-state index >= 15 is 0 Å². The minimum atomic E-state index is -2.25. The van der Waals surface area contributed by atoms with Gasteiger partial charge in [0, 0.05) is 18.4 Å². The monoisotopic (exact) mass is 296 g/mol. The summed E-state index contributed by atoms with van der Waals surface area (Å²) in [6, 6.07) is 0. The maximum Gasteiger partial charge on any atom is 0.301 e. The van der Waals surface area contributed by atoms with E-state index in [1.54, 1.807) is 13.1 Å². The molecular weight excluding hydrogens is 285 g/mol. The number of allylic oxidation sites excluding steroid dienone is 1. The number of nitrogens with zero attached hydrogens (tertiary/aromatic N) is 2. The van der Waals surface area contributed by atoms with Gasteiger partial charge in [-0.15, -0.1) is 11.3 Å². The molecule has 0 bridgehead atoms. The predicted octanol–water partition coefficient (Wildman–Crippen LogP) is 4.07. The lowest BCUT2D eigenvalue weighted by Gasteiger charge is -1.95. The van der Waals surface area contributed by atoms with Crippen LogP contribution >= 0.6 is 23.1 Å². The van der Waals surface area contributed by atoms with Gasteiger partial charge >= 0.3 is 6.08 Å². The molecule has 0 radical (unpaired) electrons. The van der Waals surface area contributed by atoms with E-state index in [0.717, 1.165) is 4.88 Å². The topological polar surface area (TPSA) is 34.5 Å². The van der Waals surface area contributed by atoms with Crippen LogP contribution in [0.25, 0.3) is 0 Å². The highest BCUT2D eigenvalue weighted by Crippen LogP contribution is 2.27. The second kappa shape index (κ2) is 7.42. The fourth-order valence-corrected chi connectivity index (χ4v) is 2.92. The average Bonchev–Trinajstić information content (AvgIpc) is 2.78. The Morgan fingerprint density at radius 3 is 2.83 bits per heavy atom. The molecule has 0 saturated carbocycles. The van der Waals surface area contributed by atoms with E-state index in [-0.39, 0.29) is 12.2 Å². The van der Waals surface area contributed by atoms with Crippen LogP contribution in [-0.2, 0) is 4.84 Å². The fourth-order valence-electron chi connectivity index (χ4n) is 0.996. The summed E-state index contributed by atoms with van der Waals surface area (Å²) in [4.78, 5) is 9.53. The number of hydrogen-bond donors (Lipinski definition) is 0. The molecule has 0 spiro atoms. The van der Waals surface area contributed by atoms with E-state index < -0.39 is 11.9 Å². The van der Waals surface area contributed by atoms with Crippen LogP contribution in [0.3, 0.4) is 0 Å². The van der Waals surface area contributed by atoms with Crippen molar-refractivity contribution in [3.8, 4) is 0 Å². The first-order chi connectivity index (χ1) is 8.54. The molecule has 1 aromatic heterocycles. The Labute approximate surface area is 111 Å². The number of halogens is 3. The molecule has 18 heavy (non-hydrogen) atoms. The standard InChI is InChI=1S/C10H11F3N2OS2/c1-6(15-16-2)8-5-14-10(18-8)17-4-3-7(11)9(12)13/h5H,3-4H2,1-2H3/b15-6+. The van der Waals surface area contributed by atoms with Crippen LogP contribution in [0.15, 0.2) is 27.6 Å². The van der Waals surface area contributed by atoms with E-state index in [4.69, 9.17) is 0 Å². The molecule has 0 aromatic carbocycles. The van der Waals surface area contributed by atoms with Crippen molar-refractivity contribution >= 4 is 28.8 Å². The first kappa shape index (κ1) is 15.0. The van der Waals surface area contributed by atoms with Gasteiger partial charge in [-0.25, -0.2) is 9.37 Å². The quantitative estimate of drug-likeness (QED) is 0.451. The number of rotatable bonds is 6. The van der Waals surface area contributed by atoms with Gasteiger partial charge in [-0.1, -0.05) is 16.9 Å². The predicted molar refractivity (Wildman–Crippen MR) is 67.0 cm³/mol. The third kappa shape index (κ3) is 4.69. The van der Waals surface area contributed by atoms with Gasteiger partial charge in [-0.3, -0.25) is 0 Å². The van der Waals surface area contributed by atoms with Crippen molar-refractivity contribution in [2.75, 3.05) is 12.9 Å². The van der Waals surface area contributed by atoms with Gasteiger partial charge in [0.05, 0.1) is 10.6 Å². The minimum Gasteiger partial charge on any atom is -0.399 e. The van der Waals surface area contributed by atoms with Crippen LogP contribution in [0.2, 0.25) is 0 Å². The van der Waals surface area contributed by atoms with Crippen molar-refractivity contribution in [1.82, 2.24) is 4.98 Å². The summed E-state index contributed by atoms with van der Waals surface area (Å²) in [7, 11) is 1.45. The van der Waals surface area contributed by atoms with Gasteiger partial charge < -0.3 is 4.84 Å². The molecule has 0 amide bonds. The Morgan fingerprint density at radius 2 is 2.22 bits per heavy atom. The number of hydrogen-bond acceptors (Lipinski definition) is 5. The van der Waals surface area contributed by atoms with Crippen LogP contribution in [0.4, 0.5) is 13.2 Å². The van der Waals surface area contributed by atoms with Crippen LogP contribution in [-0.4, -0.2) is 23.6 Å². The van der Waals surface area contributed by atoms with Crippen LogP contribution in [0, 0.1) is 0 Å². The smallest absolute Gasteiger partial charge is 0.301 e. The summed E-state index contributed by atoms with van der Waals surface area (Å²) in [5.74, 6) is -1.15. The first-order valence-electron chi connectivity index (χ1n) is 4.91. The third-order valence-corrected chi connectivity index (χ3v) is 4.09. The normalized spacial score (nSPS) is 11.5. The molecule has 1 heterocycles. The van der Waals surface area contributed by atoms with E-state index in [2.05, 4.69) is 15.0 Å². The molecule has 0 aliphatic heterocycles. The zero-order valence-corrected chi connectivity index (χ0v) is 11.4. The highest BCUT2D eigenvalue weighted by atomic mass is 32.2. The number of oxime groups is 1. The highest BCUT2D eigenvalue weighted by molar-refractivity contribution is 8.01. The largest absolute Gasteiger partial charge is 0.399 e.